The monoisotopic (exact) mass is 156 g/mol. The number of rotatable bonds is 0. The second-order valence-electron chi connectivity index (χ2n) is 2.55. The van der Waals surface area contributed by atoms with E-state index >= 15 is 0 Å². The van der Waals surface area contributed by atoms with E-state index in [0.717, 1.165) is 0 Å². The van der Waals surface area contributed by atoms with Crippen LogP contribution in [-0.4, -0.2) is 11.2 Å². The molecule has 1 N–H and O–H groups in total. The number of fused-ring (bicyclic) bond motifs is 1. The van der Waals surface area contributed by atoms with Gasteiger partial charge in [0.25, 0.3) is 0 Å². The Bertz CT molecular complexity index is 222. The van der Waals surface area contributed by atoms with Crippen LogP contribution in [0.3, 0.4) is 0 Å². The Labute approximate surface area is 63.5 Å². The van der Waals surface area contributed by atoms with E-state index in [9.17, 15) is 4.79 Å². The lowest BCUT2D eigenvalue weighted by Crippen LogP contribution is -2.19. The zero-order valence-electron chi connectivity index (χ0n) is 5.45. The van der Waals surface area contributed by atoms with E-state index in [1.54, 1.807) is 0 Å². The van der Waals surface area contributed by atoms with E-state index in [-0.39, 0.29) is 23.8 Å². The number of hydrogen-bond donors (Lipinski definition) is 1. The van der Waals surface area contributed by atoms with Crippen LogP contribution >= 0.6 is 11.9 Å². The Morgan fingerprint density at radius 1 is 1.40 bits per heavy atom. The fourth-order valence-corrected chi connectivity index (χ4v) is 2.62. The van der Waals surface area contributed by atoms with Crippen molar-refractivity contribution in [1.82, 2.24) is 4.72 Å². The van der Waals surface area contributed by atoms with Crippen molar-refractivity contribution in [2.24, 2.45) is 5.92 Å². The molecule has 0 saturated carbocycles. The van der Waals surface area contributed by atoms with Crippen LogP contribution in [0.25, 0.3) is 0 Å². The Hall–Kier alpha value is -0.700. The number of nitrogens with one attached hydrogen (secondary N) is 1. The van der Waals surface area contributed by atoms with Gasteiger partial charge >= 0.3 is 0 Å². The summed E-state index contributed by atoms with van der Waals surface area (Å²) in [6.07, 6.45) is 8.08. The summed E-state index contributed by atoms with van der Waals surface area (Å²) in [5.41, 5.74) is 0. The maximum Gasteiger partial charge on any atom is 0.235 e. The third-order valence-corrected chi connectivity index (χ3v) is 3.37. The molecule has 0 aromatic heterocycles. The molecule has 2 atom stereocenters. The molecular weight excluding hydrogens is 146 g/mol. The molecule has 10 heavy (non-hydrogen) atoms. The Morgan fingerprint density at radius 2 is 2.20 bits per heavy atom. The molecule has 1 amide bonds. The van der Waals surface area contributed by atoms with Crippen molar-refractivity contribution in [2.75, 3.05) is 0 Å². The topological polar surface area (TPSA) is 29.1 Å². The smallest absolute Gasteiger partial charge is 0.235 e. The maximum atomic E-state index is 11.0. The summed E-state index contributed by atoms with van der Waals surface area (Å²) in [6.45, 7) is 0. The van der Waals surface area contributed by atoms with Crippen molar-refractivity contribution < 1.29 is 4.79 Å². The Balaban J connectivity index is 2.27. The van der Waals surface area contributed by atoms with Gasteiger partial charge in [-0.2, -0.15) is 0 Å². The largest absolute Gasteiger partial charge is 0.332 e. The molecule has 0 bridgehead atoms. The first kappa shape index (κ1) is 6.04. The Kier molecular flexibility index (Phi) is 1.31. The lowest BCUT2D eigenvalue weighted by Gasteiger charge is -2.11. The van der Waals surface area contributed by atoms with Crippen LogP contribution in [0, 0.1) is 5.92 Å². The van der Waals surface area contributed by atoms with Crippen LogP contribution in [0.4, 0.5) is 0 Å². The lowest BCUT2D eigenvalue weighted by atomic mass is 10.0. The minimum Gasteiger partial charge on any atom is -0.332 e. The molecule has 2 unspecified atom stereocenters. The molecule has 0 aromatic rings. The van der Waals surface area contributed by atoms with Crippen molar-refractivity contribution in [3.05, 3.63) is 24.3 Å². The van der Waals surface area contributed by atoms with Crippen molar-refractivity contribution in [2.45, 2.75) is 5.25 Å². The summed E-state index contributed by atoms with van der Waals surface area (Å²) in [5.74, 6) is 0.362. The van der Waals surface area contributed by atoms with Crippen molar-refractivity contribution in [3.63, 3.8) is 0 Å². The molecule has 1 aliphatic heterocycles. The van der Waals surface area contributed by atoms with Crippen molar-refractivity contribution in [3.8, 4) is 0 Å². The van der Waals surface area contributed by atoms with Gasteiger partial charge in [0.1, 0.15) is 0 Å². The number of carbonyl (C=O) groups is 1. The number of allylic oxidation sites excluding steroid dienone is 2. The van der Waals surface area contributed by atoms with E-state index < -0.39 is 0 Å². The summed E-state index contributed by atoms with van der Waals surface area (Å²) in [7, 11) is 0. The molecule has 2 aliphatic rings. The van der Waals surface area contributed by atoms with Gasteiger partial charge in [0, 0.05) is 5.25 Å². The van der Waals surface area contributed by atoms with Gasteiger partial charge in [0.05, 0.1) is 5.92 Å². The molecule has 2 rings (SSSR count). The van der Waals surface area contributed by atoms with Gasteiger partial charge in [-0.15, -0.1) is 0 Å². The van der Waals surface area contributed by atoms with E-state index in [0.29, 0.717) is 5.25 Å². The highest BCUT2D eigenvalue weighted by Crippen LogP contribution is 2.29. The average Bonchev–Trinajstić information content (AvgIpc) is 2.34. The zero-order valence-corrected chi connectivity index (χ0v) is 6.60. The third kappa shape index (κ3) is 0.778. The number of amides is 1. The first-order valence-electron chi connectivity index (χ1n) is 3.36. The highest BCUT2D eigenvalue weighted by molar-refractivity contribution is 7.99. The van der Waals surface area contributed by atoms with Gasteiger partial charge in [-0.1, -0.05) is 24.3 Å². The van der Waals surface area contributed by atoms with E-state index in [4.69, 9.17) is 0 Å². The molecule has 0 spiro atoms. The average molecular weight is 156 g/mol. The minimum absolute atomic E-state index is 0.123. The lowest BCUT2D eigenvalue weighted by molar-refractivity contribution is -0.120. The van der Waals surface area contributed by atoms with Crippen LogP contribution in [0.2, 0.25) is 0 Å². The fraction of sp³-hybridized carbons (Fsp3) is 0.286. The minimum atomic E-state index is 0.123. The molecular formula is C7H10NOS. The first-order valence-corrected chi connectivity index (χ1v) is 4.61. The molecule has 1 heterocycles. The molecule has 1 fully saturated rings. The Morgan fingerprint density at radius 3 is 3.00 bits per heavy atom. The van der Waals surface area contributed by atoms with Gasteiger partial charge in [-0.25, -0.2) is 11.9 Å². The maximum absolute atomic E-state index is 11.0. The SMILES string of the molecule is O=C1N[SH3]C2C=CC=CC12. The van der Waals surface area contributed by atoms with Crippen molar-refractivity contribution in [1.29, 1.82) is 0 Å². The molecule has 1 aliphatic carbocycles. The quantitative estimate of drug-likeness (QED) is 0.528. The first-order chi connectivity index (χ1) is 4.88. The summed E-state index contributed by atoms with van der Waals surface area (Å²) in [6, 6.07) is 0. The predicted molar refractivity (Wildman–Crippen MR) is 45.5 cm³/mol. The zero-order chi connectivity index (χ0) is 6.97. The molecule has 3 heteroatoms. The summed E-state index contributed by atoms with van der Waals surface area (Å²) >= 11 is 0.123. The number of hydrogen-bond acceptors (Lipinski definition) is 1. The normalized spacial score (nSPS) is 36.6. The molecule has 2 nitrogen and oxygen atoms in total. The molecule has 55 valence electrons. The molecule has 0 aromatic carbocycles. The van der Waals surface area contributed by atoms with E-state index in [2.05, 4.69) is 10.8 Å². The highest BCUT2D eigenvalue weighted by Gasteiger charge is 2.29. The van der Waals surface area contributed by atoms with Gasteiger partial charge in [-0.05, 0) is 0 Å². The second-order valence-corrected chi connectivity index (χ2v) is 3.94. The van der Waals surface area contributed by atoms with Crippen LogP contribution < -0.4 is 4.72 Å². The van der Waals surface area contributed by atoms with E-state index in [1.807, 2.05) is 18.2 Å². The highest BCUT2D eigenvalue weighted by atomic mass is 32.2. The second kappa shape index (κ2) is 2.16. The molecule has 1 saturated heterocycles. The van der Waals surface area contributed by atoms with Crippen LogP contribution in [-0.2, 0) is 4.79 Å². The number of carbonyl (C=O) groups excluding carboxylic acids is 1. The van der Waals surface area contributed by atoms with Gasteiger partial charge in [0.15, 0.2) is 0 Å². The predicted octanol–water partition coefficient (Wildman–Crippen LogP) is 0.0721. The van der Waals surface area contributed by atoms with Crippen LogP contribution in [0.15, 0.2) is 24.3 Å². The summed E-state index contributed by atoms with van der Waals surface area (Å²) in [4.78, 5) is 11.0. The summed E-state index contributed by atoms with van der Waals surface area (Å²) < 4.78 is 2.90. The van der Waals surface area contributed by atoms with Gasteiger partial charge < -0.3 is 4.72 Å². The van der Waals surface area contributed by atoms with Crippen LogP contribution in [0.1, 0.15) is 0 Å². The fourth-order valence-electron chi connectivity index (χ4n) is 1.32. The van der Waals surface area contributed by atoms with Crippen molar-refractivity contribution >= 4 is 17.9 Å². The standard InChI is InChI=1S/C7H10NOS/c9-7-5-3-1-2-4-6(5)10-8-7/h1-6H,10H3,(H,8,9). The van der Waals surface area contributed by atoms with Gasteiger partial charge in [0.2, 0.25) is 5.91 Å². The van der Waals surface area contributed by atoms with E-state index in [1.165, 1.54) is 0 Å². The molecule has 1 radical (unpaired) electrons. The summed E-state index contributed by atoms with van der Waals surface area (Å²) in [5, 5.41) is 0.498. The third-order valence-electron chi connectivity index (χ3n) is 1.90. The van der Waals surface area contributed by atoms with Crippen LogP contribution in [0.5, 0.6) is 0 Å². The van der Waals surface area contributed by atoms with Gasteiger partial charge in [-0.3, -0.25) is 4.79 Å².